The summed E-state index contributed by atoms with van der Waals surface area (Å²) < 4.78 is 1.45. The van der Waals surface area contributed by atoms with Gasteiger partial charge in [-0.25, -0.2) is 0 Å². The first-order valence-corrected chi connectivity index (χ1v) is 11.8. The first-order chi connectivity index (χ1) is 18.0. The van der Waals surface area contributed by atoms with Crippen molar-refractivity contribution in [3.05, 3.63) is 114 Å². The van der Waals surface area contributed by atoms with Gasteiger partial charge in [0.25, 0.3) is 5.91 Å². The first kappa shape index (κ1) is 23.7. The van der Waals surface area contributed by atoms with Crippen molar-refractivity contribution in [3.63, 3.8) is 0 Å². The van der Waals surface area contributed by atoms with Crippen LogP contribution < -0.4 is 5.32 Å². The van der Waals surface area contributed by atoms with E-state index in [0.717, 1.165) is 16.7 Å². The molecule has 0 fully saturated rings. The molecule has 0 saturated heterocycles. The molecule has 0 aliphatic rings. The molecule has 1 heterocycles. The summed E-state index contributed by atoms with van der Waals surface area (Å²) >= 11 is 0. The van der Waals surface area contributed by atoms with Crippen LogP contribution in [0, 0.1) is 6.92 Å². The van der Waals surface area contributed by atoms with Crippen molar-refractivity contribution in [3.8, 4) is 17.0 Å². The lowest BCUT2D eigenvalue weighted by molar-refractivity contribution is -0.116. The summed E-state index contributed by atoms with van der Waals surface area (Å²) in [6.45, 7) is 1.83. The Morgan fingerprint density at radius 2 is 1.46 bits per heavy atom. The van der Waals surface area contributed by atoms with Gasteiger partial charge in [0.2, 0.25) is 11.8 Å². The zero-order chi connectivity index (χ0) is 25.8. The second-order valence-electron chi connectivity index (χ2n) is 8.64. The van der Waals surface area contributed by atoms with Crippen molar-refractivity contribution in [1.29, 1.82) is 0 Å². The highest BCUT2D eigenvalue weighted by Gasteiger charge is 2.19. The van der Waals surface area contributed by atoms with E-state index in [-0.39, 0.29) is 24.0 Å². The zero-order valence-corrected chi connectivity index (χ0v) is 20.1. The van der Waals surface area contributed by atoms with Crippen LogP contribution in [0.25, 0.3) is 22.0 Å². The predicted molar refractivity (Wildman–Crippen MR) is 144 cm³/mol. The van der Waals surface area contributed by atoms with Crippen LogP contribution in [0.1, 0.15) is 15.9 Å². The van der Waals surface area contributed by atoms with Gasteiger partial charge < -0.3 is 15.0 Å². The van der Waals surface area contributed by atoms with Crippen molar-refractivity contribution >= 4 is 34.1 Å². The molecular weight excluding hydrogens is 464 g/mol. The number of aromatic hydroxyl groups is 1. The van der Waals surface area contributed by atoms with Gasteiger partial charge in [-0.15, -0.1) is 10.2 Å². The number of nitrogens with one attached hydrogen (secondary N) is 1. The van der Waals surface area contributed by atoms with Crippen LogP contribution in [-0.2, 0) is 11.3 Å². The van der Waals surface area contributed by atoms with E-state index in [9.17, 15) is 14.7 Å². The van der Waals surface area contributed by atoms with E-state index in [1.54, 1.807) is 36.4 Å². The molecule has 0 spiro atoms. The van der Waals surface area contributed by atoms with E-state index in [2.05, 4.69) is 15.5 Å². The Morgan fingerprint density at radius 3 is 2.19 bits per heavy atom. The minimum absolute atomic E-state index is 0.132. The van der Waals surface area contributed by atoms with Crippen molar-refractivity contribution in [2.45, 2.75) is 13.5 Å². The Labute approximate surface area is 213 Å². The smallest absolute Gasteiger partial charge is 0.295 e. The van der Waals surface area contributed by atoms with Gasteiger partial charge in [0.15, 0.2) is 5.69 Å². The van der Waals surface area contributed by atoms with Gasteiger partial charge in [-0.1, -0.05) is 78.4 Å². The van der Waals surface area contributed by atoms with Crippen LogP contribution in [-0.4, -0.2) is 21.5 Å². The van der Waals surface area contributed by atoms with E-state index < -0.39 is 5.91 Å². The summed E-state index contributed by atoms with van der Waals surface area (Å²) in [7, 11) is 0. The maximum absolute atomic E-state index is 12.7. The highest BCUT2D eigenvalue weighted by Crippen LogP contribution is 2.39. The highest BCUT2D eigenvalue weighted by atomic mass is 16.3. The standard InChI is InChI=1S/C30H24N4O3/c1-20-11-17-24(18-12-20)31-27(35)19-34-26-10-6-5-9-25(26)28(30(34)37)32-33-29(36)23-15-13-22(14-16-23)21-7-3-2-4-8-21/h2-18,37H,19H2,1H3,(H,31,35). The number of rotatable bonds is 6. The number of anilines is 1. The summed E-state index contributed by atoms with van der Waals surface area (Å²) in [5, 5.41) is 22.3. The molecule has 7 nitrogen and oxygen atoms in total. The fourth-order valence-corrected chi connectivity index (χ4v) is 4.10. The maximum Gasteiger partial charge on any atom is 0.295 e. The normalized spacial score (nSPS) is 11.2. The molecule has 5 rings (SSSR count). The number of hydrogen-bond donors (Lipinski definition) is 2. The number of azo groups is 1. The lowest BCUT2D eigenvalue weighted by Crippen LogP contribution is -2.18. The van der Waals surface area contributed by atoms with Crippen LogP contribution in [0.15, 0.2) is 113 Å². The first-order valence-electron chi connectivity index (χ1n) is 11.8. The molecule has 5 aromatic rings. The number of para-hydroxylation sites is 1. The Bertz CT molecular complexity index is 1600. The zero-order valence-electron chi connectivity index (χ0n) is 20.1. The van der Waals surface area contributed by atoms with Crippen molar-refractivity contribution < 1.29 is 14.7 Å². The highest BCUT2D eigenvalue weighted by molar-refractivity contribution is 5.99. The quantitative estimate of drug-likeness (QED) is 0.255. The minimum atomic E-state index is -0.534. The summed E-state index contributed by atoms with van der Waals surface area (Å²) in [6.07, 6.45) is 0. The summed E-state index contributed by atoms with van der Waals surface area (Å²) in [5.74, 6) is -1.08. The summed E-state index contributed by atoms with van der Waals surface area (Å²) in [6, 6.07) is 31.5. The van der Waals surface area contributed by atoms with Gasteiger partial charge >= 0.3 is 0 Å². The van der Waals surface area contributed by atoms with Gasteiger partial charge in [-0.05, 0) is 48.4 Å². The second kappa shape index (κ2) is 10.3. The Kier molecular flexibility index (Phi) is 6.59. The molecule has 0 aliphatic carbocycles. The molecular formula is C30H24N4O3. The number of amides is 2. The van der Waals surface area contributed by atoms with Gasteiger partial charge in [-0.2, -0.15) is 0 Å². The van der Waals surface area contributed by atoms with Gasteiger partial charge in [0.1, 0.15) is 6.54 Å². The average molecular weight is 489 g/mol. The topological polar surface area (TPSA) is 96.1 Å². The van der Waals surface area contributed by atoms with Crippen molar-refractivity contribution in [2.75, 3.05) is 5.32 Å². The second-order valence-corrected chi connectivity index (χ2v) is 8.64. The molecule has 0 radical (unpaired) electrons. The van der Waals surface area contributed by atoms with E-state index in [4.69, 9.17) is 0 Å². The maximum atomic E-state index is 12.7. The molecule has 0 bridgehead atoms. The third kappa shape index (κ3) is 5.16. The number of fused-ring (bicyclic) bond motifs is 1. The molecule has 1 aromatic heterocycles. The number of hydrogen-bond acceptors (Lipinski definition) is 4. The number of carbonyl (C=O) groups excluding carboxylic acids is 2. The Balaban J connectivity index is 1.37. The predicted octanol–water partition coefficient (Wildman–Crippen LogP) is 6.89. The third-order valence-electron chi connectivity index (χ3n) is 6.03. The molecule has 2 N–H and O–H groups in total. The van der Waals surface area contributed by atoms with Crippen molar-refractivity contribution in [1.82, 2.24) is 4.57 Å². The molecule has 0 aliphatic heterocycles. The van der Waals surface area contributed by atoms with Gasteiger partial charge in [0.05, 0.1) is 5.52 Å². The molecule has 0 unspecified atom stereocenters. The van der Waals surface area contributed by atoms with E-state index in [1.807, 2.05) is 73.7 Å². The fraction of sp³-hybridized carbons (Fsp3) is 0.0667. The molecule has 0 atom stereocenters. The lowest BCUT2D eigenvalue weighted by Gasteiger charge is -2.08. The number of carbonyl (C=O) groups is 2. The third-order valence-corrected chi connectivity index (χ3v) is 6.03. The van der Waals surface area contributed by atoms with Crippen LogP contribution >= 0.6 is 0 Å². The summed E-state index contributed by atoms with van der Waals surface area (Å²) in [4.78, 5) is 25.4. The monoisotopic (exact) mass is 488 g/mol. The Hall–Kier alpha value is -5.04. The molecule has 0 saturated carbocycles. The molecule has 182 valence electrons. The number of aromatic nitrogens is 1. The number of benzene rings is 4. The van der Waals surface area contributed by atoms with Crippen LogP contribution in [0.2, 0.25) is 0 Å². The Morgan fingerprint density at radius 1 is 0.811 bits per heavy atom. The molecule has 4 aromatic carbocycles. The van der Waals surface area contributed by atoms with Crippen LogP contribution in [0.4, 0.5) is 11.4 Å². The number of nitrogens with zero attached hydrogens (tertiary/aromatic N) is 3. The van der Waals surface area contributed by atoms with E-state index in [0.29, 0.717) is 22.2 Å². The molecule has 2 amide bonds. The lowest BCUT2D eigenvalue weighted by atomic mass is 10.0. The van der Waals surface area contributed by atoms with Crippen LogP contribution in [0.5, 0.6) is 5.88 Å². The fourth-order valence-electron chi connectivity index (χ4n) is 4.10. The number of aryl methyl sites for hydroxylation is 1. The van der Waals surface area contributed by atoms with E-state index >= 15 is 0 Å². The molecule has 7 heteroatoms. The van der Waals surface area contributed by atoms with Gasteiger partial charge in [-0.3, -0.25) is 9.59 Å². The average Bonchev–Trinajstić information content (AvgIpc) is 3.19. The largest absolute Gasteiger partial charge is 0.493 e. The molecule has 37 heavy (non-hydrogen) atoms. The summed E-state index contributed by atoms with van der Waals surface area (Å²) in [5.41, 5.74) is 4.90. The van der Waals surface area contributed by atoms with Crippen molar-refractivity contribution in [2.24, 2.45) is 10.2 Å². The van der Waals surface area contributed by atoms with E-state index in [1.165, 1.54) is 4.57 Å². The van der Waals surface area contributed by atoms with Crippen LogP contribution in [0.3, 0.4) is 0 Å². The SMILES string of the molecule is Cc1ccc(NC(=O)Cn2c(O)c(N=NC(=O)c3ccc(-c4ccccc4)cc3)c3ccccc32)cc1. The minimum Gasteiger partial charge on any atom is -0.493 e. The van der Waals surface area contributed by atoms with Gasteiger partial charge in [0, 0.05) is 16.6 Å².